The molecule has 118 valence electrons. The SMILES string of the molecule is CNC(Cc1ccc(F)cc1Br)C1CN(C)CCCN1C. The molecule has 0 saturated carbocycles. The topological polar surface area (TPSA) is 18.5 Å². The van der Waals surface area contributed by atoms with Crippen LogP contribution in [0.2, 0.25) is 0 Å². The Balaban J connectivity index is 2.14. The summed E-state index contributed by atoms with van der Waals surface area (Å²) in [5.41, 5.74) is 1.15. The van der Waals surface area contributed by atoms with Gasteiger partial charge in [0.05, 0.1) is 0 Å². The fourth-order valence-electron chi connectivity index (χ4n) is 3.09. The van der Waals surface area contributed by atoms with Crippen molar-refractivity contribution in [3.05, 3.63) is 34.1 Å². The molecule has 0 spiro atoms. The molecule has 2 rings (SSSR count). The van der Waals surface area contributed by atoms with Gasteiger partial charge in [0.2, 0.25) is 0 Å². The van der Waals surface area contributed by atoms with E-state index in [4.69, 9.17) is 0 Å². The summed E-state index contributed by atoms with van der Waals surface area (Å²) in [7, 11) is 6.40. The van der Waals surface area contributed by atoms with Crippen molar-refractivity contribution in [3.63, 3.8) is 0 Å². The van der Waals surface area contributed by atoms with Crippen LogP contribution in [0.4, 0.5) is 4.39 Å². The number of hydrogen-bond acceptors (Lipinski definition) is 3. The first kappa shape index (κ1) is 16.9. The lowest BCUT2D eigenvalue weighted by molar-refractivity contribution is 0.181. The van der Waals surface area contributed by atoms with Crippen molar-refractivity contribution in [1.29, 1.82) is 0 Å². The van der Waals surface area contributed by atoms with E-state index in [2.05, 4.69) is 45.1 Å². The molecule has 0 radical (unpaired) electrons. The van der Waals surface area contributed by atoms with Gasteiger partial charge in [-0.1, -0.05) is 22.0 Å². The van der Waals surface area contributed by atoms with Crippen molar-refractivity contribution < 1.29 is 4.39 Å². The molecule has 1 aromatic carbocycles. The largest absolute Gasteiger partial charge is 0.315 e. The molecule has 1 aliphatic rings. The van der Waals surface area contributed by atoms with E-state index in [0.29, 0.717) is 12.1 Å². The van der Waals surface area contributed by atoms with Gasteiger partial charge in [0, 0.05) is 23.1 Å². The Labute approximate surface area is 135 Å². The summed E-state index contributed by atoms with van der Waals surface area (Å²) in [6, 6.07) is 5.77. The molecule has 0 aromatic heterocycles. The number of halogens is 2. The van der Waals surface area contributed by atoms with Gasteiger partial charge < -0.3 is 15.1 Å². The van der Waals surface area contributed by atoms with Gasteiger partial charge in [-0.15, -0.1) is 0 Å². The summed E-state index contributed by atoms with van der Waals surface area (Å²) in [6.07, 6.45) is 2.10. The van der Waals surface area contributed by atoms with Gasteiger partial charge in [0.25, 0.3) is 0 Å². The predicted octanol–water partition coefficient (Wildman–Crippen LogP) is 2.35. The molecule has 2 atom stereocenters. The van der Waals surface area contributed by atoms with Crippen LogP contribution < -0.4 is 5.32 Å². The Morgan fingerprint density at radius 3 is 2.81 bits per heavy atom. The highest BCUT2D eigenvalue weighted by Crippen LogP contribution is 2.22. The Morgan fingerprint density at radius 2 is 2.14 bits per heavy atom. The van der Waals surface area contributed by atoms with Crippen LogP contribution in [0.3, 0.4) is 0 Å². The molecule has 0 bridgehead atoms. The molecule has 2 unspecified atom stereocenters. The van der Waals surface area contributed by atoms with Gasteiger partial charge in [-0.2, -0.15) is 0 Å². The van der Waals surface area contributed by atoms with Gasteiger partial charge in [-0.3, -0.25) is 0 Å². The molecule has 1 aromatic rings. The van der Waals surface area contributed by atoms with Crippen molar-refractivity contribution in [2.45, 2.75) is 24.9 Å². The molecule has 1 saturated heterocycles. The van der Waals surface area contributed by atoms with Crippen molar-refractivity contribution >= 4 is 15.9 Å². The minimum absolute atomic E-state index is 0.196. The third-order valence-electron chi connectivity index (χ3n) is 4.41. The van der Waals surface area contributed by atoms with Crippen LogP contribution in [-0.2, 0) is 6.42 Å². The van der Waals surface area contributed by atoms with Crippen molar-refractivity contribution in [1.82, 2.24) is 15.1 Å². The fourth-order valence-corrected chi connectivity index (χ4v) is 3.61. The minimum Gasteiger partial charge on any atom is -0.315 e. The second-order valence-electron chi connectivity index (χ2n) is 6.00. The van der Waals surface area contributed by atoms with E-state index in [1.165, 1.54) is 12.5 Å². The van der Waals surface area contributed by atoms with Crippen molar-refractivity contribution in [2.75, 3.05) is 40.8 Å². The van der Waals surface area contributed by atoms with Gasteiger partial charge in [-0.25, -0.2) is 4.39 Å². The number of nitrogens with zero attached hydrogens (tertiary/aromatic N) is 2. The first-order chi connectivity index (χ1) is 10.0. The van der Waals surface area contributed by atoms with Crippen LogP contribution in [0, 0.1) is 5.82 Å². The number of nitrogens with one attached hydrogen (secondary N) is 1. The van der Waals surface area contributed by atoms with Crippen LogP contribution in [-0.4, -0.2) is 62.7 Å². The molecule has 5 heteroatoms. The summed E-state index contributed by atoms with van der Waals surface area (Å²) in [5, 5.41) is 3.46. The number of hydrogen-bond donors (Lipinski definition) is 1. The molecule has 1 fully saturated rings. The molecule has 1 N–H and O–H groups in total. The second-order valence-corrected chi connectivity index (χ2v) is 6.85. The first-order valence-corrected chi connectivity index (χ1v) is 8.30. The van der Waals surface area contributed by atoms with E-state index >= 15 is 0 Å². The standard InChI is InChI=1S/C16H25BrFN3/c1-19-15(9-12-5-6-13(18)10-14(12)17)16-11-20(2)7-4-8-21(16)3/h5-6,10,15-16,19H,4,7-9,11H2,1-3H3. The Hall–Kier alpha value is -0.490. The quantitative estimate of drug-likeness (QED) is 0.892. The summed E-state index contributed by atoms with van der Waals surface area (Å²) >= 11 is 3.48. The lowest BCUT2D eigenvalue weighted by atomic mass is 9.98. The van der Waals surface area contributed by atoms with E-state index in [-0.39, 0.29) is 5.82 Å². The first-order valence-electron chi connectivity index (χ1n) is 7.51. The van der Waals surface area contributed by atoms with Crippen LogP contribution in [0.15, 0.2) is 22.7 Å². The van der Waals surface area contributed by atoms with Crippen LogP contribution in [0.1, 0.15) is 12.0 Å². The van der Waals surface area contributed by atoms with Crippen molar-refractivity contribution in [3.8, 4) is 0 Å². The zero-order chi connectivity index (χ0) is 15.4. The third kappa shape index (κ3) is 4.49. The zero-order valence-corrected chi connectivity index (χ0v) is 14.7. The Bertz CT molecular complexity index is 469. The molecule has 0 amide bonds. The van der Waals surface area contributed by atoms with Crippen molar-refractivity contribution in [2.24, 2.45) is 0 Å². The lowest BCUT2D eigenvalue weighted by Gasteiger charge is -2.34. The number of likely N-dealkylation sites (N-methyl/N-ethyl adjacent to an activating group) is 3. The molecule has 21 heavy (non-hydrogen) atoms. The minimum atomic E-state index is -0.196. The third-order valence-corrected chi connectivity index (χ3v) is 5.14. The molecule has 3 nitrogen and oxygen atoms in total. The lowest BCUT2D eigenvalue weighted by Crippen LogP contribution is -2.52. The van der Waals surface area contributed by atoms with E-state index in [9.17, 15) is 4.39 Å². The fraction of sp³-hybridized carbons (Fsp3) is 0.625. The van der Waals surface area contributed by atoms with Gasteiger partial charge in [0.1, 0.15) is 5.82 Å². The molecule has 0 aliphatic carbocycles. The summed E-state index contributed by atoms with van der Waals surface area (Å²) in [5.74, 6) is -0.196. The molecule has 1 aliphatic heterocycles. The zero-order valence-electron chi connectivity index (χ0n) is 13.1. The number of rotatable bonds is 4. The van der Waals surface area contributed by atoms with Crippen LogP contribution >= 0.6 is 15.9 Å². The summed E-state index contributed by atoms with van der Waals surface area (Å²) < 4.78 is 14.1. The Morgan fingerprint density at radius 1 is 1.38 bits per heavy atom. The average Bonchev–Trinajstić information content (AvgIpc) is 2.60. The molecule has 1 heterocycles. The van der Waals surface area contributed by atoms with E-state index in [0.717, 1.165) is 36.1 Å². The van der Waals surface area contributed by atoms with E-state index in [1.807, 2.05) is 13.1 Å². The molecular formula is C16H25BrFN3. The summed E-state index contributed by atoms with van der Waals surface area (Å²) in [6.45, 7) is 3.33. The second kappa shape index (κ2) is 7.68. The number of benzene rings is 1. The van der Waals surface area contributed by atoms with E-state index < -0.39 is 0 Å². The Kier molecular flexibility index (Phi) is 6.17. The monoisotopic (exact) mass is 357 g/mol. The smallest absolute Gasteiger partial charge is 0.124 e. The maximum absolute atomic E-state index is 13.2. The predicted molar refractivity (Wildman–Crippen MR) is 89.2 cm³/mol. The van der Waals surface area contributed by atoms with Gasteiger partial charge in [-0.05, 0) is 64.8 Å². The normalized spacial score (nSPS) is 23.0. The van der Waals surface area contributed by atoms with Crippen LogP contribution in [0.5, 0.6) is 0 Å². The van der Waals surface area contributed by atoms with Gasteiger partial charge >= 0.3 is 0 Å². The highest BCUT2D eigenvalue weighted by atomic mass is 79.9. The highest BCUT2D eigenvalue weighted by Gasteiger charge is 2.28. The maximum Gasteiger partial charge on any atom is 0.124 e. The van der Waals surface area contributed by atoms with Gasteiger partial charge in [0.15, 0.2) is 0 Å². The summed E-state index contributed by atoms with van der Waals surface area (Å²) in [4.78, 5) is 4.85. The maximum atomic E-state index is 13.2. The van der Waals surface area contributed by atoms with E-state index in [1.54, 1.807) is 6.07 Å². The molecular weight excluding hydrogens is 333 g/mol. The highest BCUT2D eigenvalue weighted by molar-refractivity contribution is 9.10. The van der Waals surface area contributed by atoms with Crippen LogP contribution in [0.25, 0.3) is 0 Å². The average molecular weight is 358 g/mol.